The average Bonchev–Trinajstić information content (AvgIpc) is 2.44. The van der Waals surface area contributed by atoms with Crippen molar-refractivity contribution in [3.63, 3.8) is 0 Å². The standard InChI is InChI=1S/C15H12ClNO3/c1-10(18)15(17-19)11-2-6-13(7-3-11)20-14-8-4-12(16)5-9-14/h2-9,19H,1H3/b17-15-. The van der Waals surface area contributed by atoms with Crippen LogP contribution in [0.5, 0.6) is 11.5 Å². The Morgan fingerprint density at radius 1 is 1.05 bits per heavy atom. The van der Waals surface area contributed by atoms with Gasteiger partial charge >= 0.3 is 0 Å². The Kier molecular flexibility index (Phi) is 4.38. The van der Waals surface area contributed by atoms with E-state index in [0.717, 1.165) is 0 Å². The molecule has 0 spiro atoms. The first kappa shape index (κ1) is 14.1. The van der Waals surface area contributed by atoms with E-state index < -0.39 is 0 Å². The molecule has 20 heavy (non-hydrogen) atoms. The number of ketones is 1. The van der Waals surface area contributed by atoms with E-state index in [1.54, 1.807) is 48.5 Å². The predicted octanol–water partition coefficient (Wildman–Crippen LogP) is 3.90. The first-order valence-electron chi connectivity index (χ1n) is 5.87. The fourth-order valence-corrected chi connectivity index (χ4v) is 1.78. The number of ether oxygens (including phenoxy) is 1. The van der Waals surface area contributed by atoms with Crippen molar-refractivity contribution in [1.29, 1.82) is 0 Å². The maximum atomic E-state index is 11.2. The topological polar surface area (TPSA) is 58.9 Å². The van der Waals surface area contributed by atoms with Crippen LogP contribution in [0.25, 0.3) is 0 Å². The van der Waals surface area contributed by atoms with Crippen molar-refractivity contribution < 1.29 is 14.7 Å². The molecule has 1 N–H and O–H groups in total. The third kappa shape index (κ3) is 3.36. The highest BCUT2D eigenvalue weighted by Gasteiger charge is 2.09. The van der Waals surface area contributed by atoms with Crippen LogP contribution in [-0.2, 0) is 4.79 Å². The molecule has 0 radical (unpaired) electrons. The Morgan fingerprint density at radius 2 is 1.55 bits per heavy atom. The van der Waals surface area contributed by atoms with Gasteiger partial charge in [0.15, 0.2) is 11.5 Å². The predicted molar refractivity (Wildman–Crippen MR) is 77.0 cm³/mol. The third-order valence-electron chi connectivity index (χ3n) is 2.61. The molecule has 0 saturated carbocycles. The average molecular weight is 290 g/mol. The Hall–Kier alpha value is -2.33. The fraction of sp³-hybridized carbons (Fsp3) is 0.0667. The normalized spacial score (nSPS) is 11.2. The maximum Gasteiger partial charge on any atom is 0.182 e. The molecule has 0 saturated heterocycles. The number of oxime groups is 1. The molecule has 0 amide bonds. The smallest absolute Gasteiger partial charge is 0.182 e. The van der Waals surface area contributed by atoms with E-state index >= 15 is 0 Å². The summed E-state index contributed by atoms with van der Waals surface area (Å²) in [5.41, 5.74) is 0.548. The van der Waals surface area contributed by atoms with Gasteiger partial charge in [-0.15, -0.1) is 0 Å². The summed E-state index contributed by atoms with van der Waals surface area (Å²) >= 11 is 5.79. The van der Waals surface area contributed by atoms with E-state index in [1.807, 2.05) is 0 Å². The number of rotatable bonds is 4. The molecule has 0 atom stereocenters. The molecule has 2 aromatic carbocycles. The van der Waals surface area contributed by atoms with Crippen LogP contribution in [0, 0.1) is 0 Å². The van der Waals surface area contributed by atoms with Gasteiger partial charge < -0.3 is 9.94 Å². The highest BCUT2D eigenvalue weighted by Crippen LogP contribution is 2.23. The van der Waals surface area contributed by atoms with Crippen molar-refractivity contribution in [3.05, 3.63) is 59.1 Å². The third-order valence-corrected chi connectivity index (χ3v) is 2.86. The van der Waals surface area contributed by atoms with Crippen LogP contribution in [-0.4, -0.2) is 16.7 Å². The number of nitrogens with zero attached hydrogens (tertiary/aromatic N) is 1. The second-order valence-electron chi connectivity index (χ2n) is 4.09. The molecule has 0 unspecified atom stereocenters. The van der Waals surface area contributed by atoms with Crippen LogP contribution in [0.1, 0.15) is 12.5 Å². The largest absolute Gasteiger partial charge is 0.457 e. The van der Waals surface area contributed by atoms with Gasteiger partial charge in [-0.1, -0.05) is 16.8 Å². The number of halogens is 1. The Morgan fingerprint density at radius 3 is 2.00 bits per heavy atom. The lowest BCUT2D eigenvalue weighted by molar-refractivity contribution is -0.111. The lowest BCUT2D eigenvalue weighted by Gasteiger charge is -2.07. The number of hydrogen-bond donors (Lipinski definition) is 1. The summed E-state index contributed by atoms with van der Waals surface area (Å²) in [6, 6.07) is 13.7. The first-order valence-corrected chi connectivity index (χ1v) is 6.25. The van der Waals surface area contributed by atoms with Crippen LogP contribution in [0.15, 0.2) is 53.7 Å². The number of carbonyl (C=O) groups is 1. The Balaban J connectivity index is 2.16. The molecule has 0 aliphatic heterocycles. The quantitative estimate of drug-likeness (QED) is 0.527. The zero-order chi connectivity index (χ0) is 14.5. The van der Waals surface area contributed by atoms with Crippen molar-refractivity contribution >= 4 is 23.1 Å². The summed E-state index contributed by atoms with van der Waals surface area (Å²) in [5, 5.41) is 12.4. The van der Waals surface area contributed by atoms with E-state index in [1.165, 1.54) is 6.92 Å². The Bertz CT molecular complexity index is 633. The second-order valence-corrected chi connectivity index (χ2v) is 4.52. The molecule has 5 heteroatoms. The van der Waals surface area contributed by atoms with Crippen LogP contribution in [0.4, 0.5) is 0 Å². The molecule has 0 aliphatic carbocycles. The van der Waals surface area contributed by atoms with Crippen LogP contribution in [0.3, 0.4) is 0 Å². The van der Waals surface area contributed by atoms with Gasteiger partial charge in [0.25, 0.3) is 0 Å². The van der Waals surface area contributed by atoms with Gasteiger partial charge in [0.1, 0.15) is 11.5 Å². The molecule has 0 bridgehead atoms. The van der Waals surface area contributed by atoms with Crippen LogP contribution < -0.4 is 4.74 Å². The molecule has 2 rings (SSSR count). The van der Waals surface area contributed by atoms with Crippen molar-refractivity contribution in [2.24, 2.45) is 5.16 Å². The number of benzene rings is 2. The molecule has 2 aromatic rings. The van der Waals surface area contributed by atoms with Gasteiger partial charge in [0.2, 0.25) is 0 Å². The molecule has 4 nitrogen and oxygen atoms in total. The van der Waals surface area contributed by atoms with E-state index in [4.69, 9.17) is 21.5 Å². The van der Waals surface area contributed by atoms with Gasteiger partial charge in [-0.2, -0.15) is 0 Å². The first-order chi connectivity index (χ1) is 9.60. The number of carbonyl (C=O) groups excluding carboxylic acids is 1. The van der Waals surface area contributed by atoms with Gasteiger partial charge in [-0.25, -0.2) is 0 Å². The van der Waals surface area contributed by atoms with Crippen molar-refractivity contribution in [2.75, 3.05) is 0 Å². The summed E-state index contributed by atoms with van der Waals surface area (Å²) in [5.74, 6) is 0.959. The van der Waals surface area contributed by atoms with E-state index in [9.17, 15) is 4.79 Å². The zero-order valence-electron chi connectivity index (χ0n) is 10.7. The maximum absolute atomic E-state index is 11.2. The highest BCUT2D eigenvalue weighted by molar-refractivity contribution is 6.45. The van der Waals surface area contributed by atoms with E-state index in [-0.39, 0.29) is 11.5 Å². The SMILES string of the molecule is CC(=O)/C(=N/O)c1ccc(Oc2ccc(Cl)cc2)cc1. The monoisotopic (exact) mass is 289 g/mol. The molecule has 0 fully saturated rings. The lowest BCUT2D eigenvalue weighted by atomic mass is 10.1. The molecule has 0 heterocycles. The van der Waals surface area contributed by atoms with Crippen molar-refractivity contribution in [3.8, 4) is 11.5 Å². The summed E-state index contributed by atoms with van der Waals surface area (Å²) < 4.78 is 5.62. The summed E-state index contributed by atoms with van der Waals surface area (Å²) in [6.45, 7) is 1.34. The number of hydrogen-bond acceptors (Lipinski definition) is 4. The number of Topliss-reactive ketones (excluding diaryl/α,β-unsaturated/α-hetero) is 1. The fourth-order valence-electron chi connectivity index (χ4n) is 1.65. The molecular formula is C15H12ClNO3. The van der Waals surface area contributed by atoms with Crippen LogP contribution >= 0.6 is 11.6 Å². The molecule has 102 valence electrons. The highest BCUT2D eigenvalue weighted by atomic mass is 35.5. The van der Waals surface area contributed by atoms with Crippen molar-refractivity contribution in [2.45, 2.75) is 6.92 Å². The van der Waals surface area contributed by atoms with Gasteiger partial charge in [-0.3, -0.25) is 4.79 Å². The van der Waals surface area contributed by atoms with Crippen molar-refractivity contribution in [1.82, 2.24) is 0 Å². The van der Waals surface area contributed by atoms with Gasteiger partial charge in [0.05, 0.1) is 0 Å². The summed E-state index contributed by atoms with van der Waals surface area (Å²) in [6.07, 6.45) is 0. The molecule has 0 aromatic heterocycles. The minimum Gasteiger partial charge on any atom is -0.457 e. The molecule has 0 aliphatic rings. The zero-order valence-corrected chi connectivity index (χ0v) is 11.5. The van der Waals surface area contributed by atoms with E-state index in [2.05, 4.69) is 5.16 Å². The lowest BCUT2D eigenvalue weighted by Crippen LogP contribution is -2.11. The summed E-state index contributed by atoms with van der Waals surface area (Å²) in [4.78, 5) is 11.2. The Labute approximate surface area is 121 Å². The second kappa shape index (κ2) is 6.21. The summed E-state index contributed by atoms with van der Waals surface area (Å²) in [7, 11) is 0. The minimum atomic E-state index is -0.307. The van der Waals surface area contributed by atoms with Gasteiger partial charge in [-0.05, 0) is 48.5 Å². The van der Waals surface area contributed by atoms with Crippen LogP contribution in [0.2, 0.25) is 5.02 Å². The minimum absolute atomic E-state index is 0.0167. The molecular weight excluding hydrogens is 278 g/mol. The van der Waals surface area contributed by atoms with E-state index in [0.29, 0.717) is 22.1 Å². The van der Waals surface area contributed by atoms with Gasteiger partial charge in [0, 0.05) is 17.5 Å².